The fourth-order valence-electron chi connectivity index (χ4n) is 2.37. The fraction of sp³-hybridized carbons (Fsp3) is 0.462. The zero-order chi connectivity index (χ0) is 12.4. The van der Waals surface area contributed by atoms with Gasteiger partial charge in [0.2, 0.25) is 0 Å². The number of carbonyl (C=O) groups excluding carboxylic acids is 1. The van der Waals surface area contributed by atoms with Crippen molar-refractivity contribution in [3.63, 3.8) is 0 Å². The molecule has 1 saturated carbocycles. The Kier molecular flexibility index (Phi) is 3.54. The lowest BCUT2D eigenvalue weighted by molar-refractivity contribution is 0.0431. The average Bonchev–Trinajstić information content (AvgIpc) is 2.97. The van der Waals surface area contributed by atoms with Crippen LogP contribution in [0.15, 0.2) is 30.3 Å². The number of ether oxygens (including phenoxy) is 1. The van der Waals surface area contributed by atoms with Crippen molar-refractivity contribution in [2.24, 2.45) is 5.92 Å². The zero-order valence-electron chi connectivity index (χ0n) is 9.78. The van der Waals surface area contributed by atoms with Gasteiger partial charge in [-0.1, -0.05) is 18.2 Å². The van der Waals surface area contributed by atoms with Gasteiger partial charge in [0.15, 0.2) is 12.3 Å². The molecule has 3 atom stereocenters. The molecule has 2 fully saturated rings. The van der Waals surface area contributed by atoms with E-state index >= 15 is 0 Å². The smallest absolute Gasteiger partial charge is 0.338 e. The van der Waals surface area contributed by atoms with Crippen LogP contribution in [0.5, 0.6) is 0 Å². The van der Waals surface area contributed by atoms with Crippen molar-refractivity contribution >= 4 is 18.3 Å². The van der Waals surface area contributed by atoms with E-state index in [4.69, 9.17) is 13.1 Å². The first-order chi connectivity index (χ1) is 8.83. The van der Waals surface area contributed by atoms with Gasteiger partial charge in [-0.3, -0.25) is 8.37 Å². The van der Waals surface area contributed by atoms with E-state index in [1.54, 1.807) is 12.1 Å². The Morgan fingerprint density at radius 1 is 1.22 bits per heavy atom. The molecule has 18 heavy (non-hydrogen) atoms. The molecule has 0 bridgehead atoms. The minimum Gasteiger partial charge on any atom is -0.462 e. The third-order valence-corrected chi connectivity index (χ3v) is 3.98. The van der Waals surface area contributed by atoms with E-state index in [1.807, 2.05) is 18.2 Å². The normalized spacial score (nSPS) is 30.1. The lowest BCUT2D eigenvalue weighted by atomic mass is 10.1. The van der Waals surface area contributed by atoms with E-state index in [2.05, 4.69) is 0 Å². The summed E-state index contributed by atoms with van der Waals surface area (Å²) in [6.45, 7) is 0.443. The Morgan fingerprint density at radius 3 is 2.56 bits per heavy atom. The highest BCUT2D eigenvalue weighted by Crippen LogP contribution is 2.40. The van der Waals surface area contributed by atoms with Gasteiger partial charge in [-0.05, 0) is 30.9 Å². The molecular weight excluding hydrogens is 252 g/mol. The number of hydrogen-bond acceptors (Lipinski definition) is 5. The summed E-state index contributed by atoms with van der Waals surface area (Å²) in [7, 11) is 0. The van der Waals surface area contributed by atoms with Crippen LogP contribution in [0.3, 0.4) is 0 Å². The lowest BCUT2D eigenvalue weighted by Crippen LogP contribution is -2.13. The molecule has 1 aliphatic carbocycles. The van der Waals surface area contributed by atoms with Gasteiger partial charge in [0.25, 0.3) is 0 Å². The summed E-state index contributed by atoms with van der Waals surface area (Å²) in [6.07, 6.45) is 2.13. The largest absolute Gasteiger partial charge is 0.462 e. The summed E-state index contributed by atoms with van der Waals surface area (Å²) in [6, 6.07) is 9.05. The Labute approximate surface area is 110 Å². The molecule has 0 spiro atoms. The van der Waals surface area contributed by atoms with Crippen LogP contribution in [0.4, 0.5) is 0 Å². The van der Waals surface area contributed by atoms with Crippen molar-refractivity contribution in [2.45, 2.75) is 25.0 Å². The van der Waals surface area contributed by atoms with E-state index in [0.717, 1.165) is 25.2 Å². The molecule has 0 amide bonds. The Morgan fingerprint density at radius 2 is 1.89 bits per heavy atom. The number of rotatable bonds is 3. The van der Waals surface area contributed by atoms with E-state index < -0.39 is 0 Å². The molecule has 1 heterocycles. The fourth-order valence-corrected chi connectivity index (χ4v) is 3.02. The van der Waals surface area contributed by atoms with Gasteiger partial charge in [-0.25, -0.2) is 4.79 Å². The van der Waals surface area contributed by atoms with Crippen molar-refractivity contribution in [1.29, 1.82) is 0 Å². The number of benzene rings is 1. The Hall–Kier alpha value is -1.04. The molecule has 0 aromatic heterocycles. The Balaban J connectivity index is 1.49. The third-order valence-electron chi connectivity index (χ3n) is 3.33. The first-order valence-corrected chi connectivity index (χ1v) is 6.70. The van der Waals surface area contributed by atoms with Crippen molar-refractivity contribution in [1.82, 2.24) is 0 Å². The lowest BCUT2D eigenvalue weighted by Gasteiger charge is -2.11. The molecule has 1 aromatic rings. The third kappa shape index (κ3) is 2.53. The molecule has 0 radical (unpaired) electrons. The quantitative estimate of drug-likeness (QED) is 0.621. The number of fused-ring (bicyclic) bond motifs is 1. The number of hydrogen-bond donors (Lipinski definition) is 0. The van der Waals surface area contributed by atoms with Gasteiger partial charge in [0, 0.05) is 0 Å². The van der Waals surface area contributed by atoms with Gasteiger partial charge in [-0.2, -0.15) is 0 Å². The van der Waals surface area contributed by atoms with Gasteiger partial charge in [0.1, 0.15) is 12.2 Å². The first kappa shape index (κ1) is 12.0. The summed E-state index contributed by atoms with van der Waals surface area (Å²) >= 11 is 1.08. The SMILES string of the molecule is O=C(OC[C@H]1C[C@@H]2OSO[C@@H]2C1)c1ccccc1. The van der Waals surface area contributed by atoms with Gasteiger partial charge < -0.3 is 4.74 Å². The minimum absolute atomic E-state index is 0.162. The second-order valence-corrected chi connectivity index (χ2v) is 5.16. The van der Waals surface area contributed by atoms with Gasteiger partial charge in [-0.15, -0.1) is 0 Å². The van der Waals surface area contributed by atoms with E-state index in [0.29, 0.717) is 18.1 Å². The summed E-state index contributed by atoms with van der Waals surface area (Å²) in [5.41, 5.74) is 0.596. The molecule has 4 nitrogen and oxygen atoms in total. The topological polar surface area (TPSA) is 44.8 Å². The van der Waals surface area contributed by atoms with Crippen molar-refractivity contribution in [3.8, 4) is 0 Å². The standard InChI is InChI=1S/C13H14O4S/c14-13(10-4-2-1-3-5-10)15-8-9-6-11-12(7-9)17-18-16-11/h1-5,9,11-12H,6-8H2/t9-,11-,12+. The van der Waals surface area contributed by atoms with Crippen molar-refractivity contribution < 1.29 is 17.9 Å². The maximum Gasteiger partial charge on any atom is 0.338 e. The predicted octanol–water partition coefficient (Wildman–Crippen LogP) is 2.60. The highest BCUT2D eigenvalue weighted by atomic mass is 32.2. The van der Waals surface area contributed by atoms with Crippen LogP contribution in [-0.4, -0.2) is 24.8 Å². The molecule has 0 unspecified atom stereocenters. The van der Waals surface area contributed by atoms with Crippen LogP contribution in [0.25, 0.3) is 0 Å². The molecule has 1 aromatic carbocycles. The number of esters is 1. The highest BCUT2D eigenvalue weighted by Gasteiger charge is 2.41. The molecular formula is C13H14O4S. The highest BCUT2D eigenvalue weighted by molar-refractivity contribution is 7.90. The van der Waals surface area contributed by atoms with Crippen LogP contribution < -0.4 is 0 Å². The minimum atomic E-state index is -0.260. The molecule has 96 valence electrons. The van der Waals surface area contributed by atoms with Crippen molar-refractivity contribution in [2.75, 3.05) is 6.61 Å². The van der Waals surface area contributed by atoms with Crippen LogP contribution in [0.1, 0.15) is 23.2 Å². The second kappa shape index (κ2) is 5.30. The molecule has 1 saturated heterocycles. The predicted molar refractivity (Wildman–Crippen MR) is 66.8 cm³/mol. The van der Waals surface area contributed by atoms with Crippen molar-refractivity contribution in [3.05, 3.63) is 35.9 Å². The zero-order valence-corrected chi connectivity index (χ0v) is 10.6. The van der Waals surface area contributed by atoms with Gasteiger partial charge >= 0.3 is 5.97 Å². The molecule has 5 heteroatoms. The first-order valence-electron chi connectivity index (χ1n) is 6.04. The summed E-state index contributed by atoms with van der Waals surface area (Å²) in [5, 5.41) is 0. The van der Waals surface area contributed by atoms with Crippen LogP contribution in [0, 0.1) is 5.92 Å². The molecule has 1 aliphatic heterocycles. The van der Waals surface area contributed by atoms with E-state index in [-0.39, 0.29) is 18.2 Å². The average molecular weight is 266 g/mol. The molecule has 0 N–H and O–H groups in total. The molecule has 2 aliphatic rings. The maximum atomic E-state index is 11.8. The van der Waals surface area contributed by atoms with Gasteiger partial charge in [0.05, 0.1) is 12.2 Å². The summed E-state index contributed by atoms with van der Waals surface area (Å²) in [5.74, 6) is 0.0810. The Bertz CT molecular complexity index is 410. The van der Waals surface area contributed by atoms with Crippen LogP contribution >= 0.6 is 12.3 Å². The monoisotopic (exact) mass is 266 g/mol. The van der Waals surface area contributed by atoms with E-state index in [1.165, 1.54) is 0 Å². The maximum absolute atomic E-state index is 11.8. The van der Waals surface area contributed by atoms with Crippen LogP contribution in [-0.2, 0) is 13.1 Å². The van der Waals surface area contributed by atoms with E-state index in [9.17, 15) is 4.79 Å². The summed E-state index contributed by atoms with van der Waals surface area (Å²) in [4.78, 5) is 11.8. The number of carbonyl (C=O) groups is 1. The van der Waals surface area contributed by atoms with Crippen LogP contribution in [0.2, 0.25) is 0 Å². The summed E-state index contributed by atoms with van der Waals surface area (Å²) < 4.78 is 16.0. The second-order valence-electron chi connectivity index (χ2n) is 4.64. The molecule has 3 rings (SSSR count).